The Kier molecular flexibility index (Phi) is 8.28. The van der Waals surface area contributed by atoms with Crippen LogP contribution in [0.4, 0.5) is 15.8 Å². The molecule has 0 heterocycles. The van der Waals surface area contributed by atoms with Gasteiger partial charge in [0.25, 0.3) is 15.9 Å². The zero-order valence-electron chi connectivity index (χ0n) is 19.0. The minimum absolute atomic E-state index is 0.0441. The van der Waals surface area contributed by atoms with Gasteiger partial charge in [0.1, 0.15) is 5.82 Å². The number of hydrogen-bond donors (Lipinski definition) is 2. The first kappa shape index (κ1) is 27.1. The highest BCUT2D eigenvalue weighted by Crippen LogP contribution is 2.35. The monoisotopic (exact) mass is 556 g/mol. The molecule has 3 aromatic rings. The Bertz CT molecular complexity index is 1450. The summed E-state index contributed by atoms with van der Waals surface area (Å²) in [6.07, 6.45) is 0. The maximum Gasteiger partial charge on any atom is 0.340 e. The fourth-order valence-electron chi connectivity index (χ4n) is 3.07. The number of carbonyl (C=O) groups excluding carboxylic acids is 2. The number of nitrogens with one attached hydrogen (secondary N) is 2. The summed E-state index contributed by atoms with van der Waals surface area (Å²) in [5.74, 6) is -2.31. The molecule has 0 atom stereocenters. The molecule has 36 heavy (non-hydrogen) atoms. The summed E-state index contributed by atoms with van der Waals surface area (Å²) >= 11 is 11.8. The van der Waals surface area contributed by atoms with Crippen molar-refractivity contribution < 1.29 is 36.6 Å². The van der Waals surface area contributed by atoms with Gasteiger partial charge >= 0.3 is 5.97 Å². The minimum atomic E-state index is -4.40. The Morgan fingerprint density at radius 2 is 1.53 bits per heavy atom. The molecule has 0 aliphatic rings. The van der Waals surface area contributed by atoms with Crippen LogP contribution in [0.5, 0.6) is 11.5 Å². The number of sulfonamides is 1. The van der Waals surface area contributed by atoms with Crippen molar-refractivity contribution >= 4 is 56.5 Å². The van der Waals surface area contributed by atoms with Crippen LogP contribution in [0.3, 0.4) is 0 Å². The van der Waals surface area contributed by atoms with Crippen molar-refractivity contribution in [3.63, 3.8) is 0 Å². The predicted octanol–water partition coefficient (Wildman–Crippen LogP) is 4.99. The summed E-state index contributed by atoms with van der Waals surface area (Å²) in [5, 5.41) is 2.70. The molecule has 0 saturated heterocycles. The molecule has 0 saturated carbocycles. The summed E-state index contributed by atoms with van der Waals surface area (Å²) in [4.78, 5) is 24.2. The first-order valence-corrected chi connectivity index (χ1v) is 12.2. The average Bonchev–Trinajstić information content (AvgIpc) is 2.84. The molecule has 13 heteroatoms. The number of esters is 1. The standard InChI is InChI=1S/C23H19Cl2FN2O7S/c1-33-20-10-15(23(30)35-3)19(11-21(20)34-2)28-36(31,32)13-5-7-18(17(26)9-13)27-22(29)14-6-4-12(24)8-16(14)25/h4-11,28H,1-3H3,(H,27,29). The maximum absolute atomic E-state index is 14.8. The van der Waals surface area contributed by atoms with Gasteiger partial charge in [-0.15, -0.1) is 0 Å². The summed E-state index contributed by atoms with van der Waals surface area (Å²) in [6, 6.07) is 9.48. The van der Waals surface area contributed by atoms with E-state index in [9.17, 15) is 22.4 Å². The lowest BCUT2D eigenvalue weighted by Gasteiger charge is -2.16. The van der Waals surface area contributed by atoms with Gasteiger partial charge in [-0.3, -0.25) is 9.52 Å². The van der Waals surface area contributed by atoms with E-state index in [4.69, 9.17) is 37.4 Å². The highest BCUT2D eigenvalue weighted by atomic mass is 35.5. The fraction of sp³-hybridized carbons (Fsp3) is 0.130. The van der Waals surface area contributed by atoms with Crippen LogP contribution in [-0.2, 0) is 14.8 Å². The molecular weight excluding hydrogens is 538 g/mol. The van der Waals surface area contributed by atoms with Gasteiger partial charge in [-0.2, -0.15) is 0 Å². The molecule has 0 aliphatic heterocycles. The Hall–Kier alpha value is -3.54. The number of ether oxygens (including phenoxy) is 3. The van der Waals surface area contributed by atoms with Crippen molar-refractivity contribution in [1.82, 2.24) is 0 Å². The van der Waals surface area contributed by atoms with Gasteiger partial charge in [-0.25, -0.2) is 17.6 Å². The number of benzene rings is 3. The third-order valence-electron chi connectivity index (χ3n) is 4.85. The first-order chi connectivity index (χ1) is 17.0. The number of carbonyl (C=O) groups is 2. The lowest BCUT2D eigenvalue weighted by Crippen LogP contribution is -2.17. The van der Waals surface area contributed by atoms with Gasteiger partial charge in [-0.05, 0) is 36.4 Å². The quantitative estimate of drug-likeness (QED) is 0.375. The van der Waals surface area contributed by atoms with Crippen molar-refractivity contribution in [1.29, 1.82) is 0 Å². The van der Waals surface area contributed by atoms with Crippen LogP contribution in [0, 0.1) is 5.82 Å². The Morgan fingerprint density at radius 3 is 2.11 bits per heavy atom. The second kappa shape index (κ2) is 11.0. The van der Waals surface area contributed by atoms with E-state index < -0.39 is 32.6 Å². The third-order valence-corrected chi connectivity index (χ3v) is 6.76. The van der Waals surface area contributed by atoms with Crippen molar-refractivity contribution in [2.75, 3.05) is 31.4 Å². The predicted molar refractivity (Wildman–Crippen MR) is 133 cm³/mol. The van der Waals surface area contributed by atoms with E-state index in [-0.39, 0.29) is 39.0 Å². The van der Waals surface area contributed by atoms with Crippen LogP contribution in [0.2, 0.25) is 10.0 Å². The van der Waals surface area contributed by atoms with Gasteiger partial charge in [0.2, 0.25) is 0 Å². The van der Waals surface area contributed by atoms with E-state index in [1.807, 2.05) is 0 Å². The highest BCUT2D eigenvalue weighted by molar-refractivity contribution is 7.92. The second-order valence-corrected chi connectivity index (χ2v) is 9.60. The average molecular weight is 557 g/mol. The van der Waals surface area contributed by atoms with Crippen molar-refractivity contribution in [2.24, 2.45) is 0 Å². The topological polar surface area (TPSA) is 120 Å². The largest absolute Gasteiger partial charge is 0.493 e. The molecule has 0 aliphatic carbocycles. The molecule has 3 aromatic carbocycles. The number of halogens is 3. The maximum atomic E-state index is 14.8. The first-order valence-electron chi connectivity index (χ1n) is 9.93. The van der Waals surface area contributed by atoms with Gasteiger partial charge in [0.05, 0.1) is 53.7 Å². The van der Waals surface area contributed by atoms with E-state index >= 15 is 0 Å². The van der Waals surface area contributed by atoms with Crippen molar-refractivity contribution in [3.8, 4) is 11.5 Å². The molecule has 0 unspecified atom stereocenters. The minimum Gasteiger partial charge on any atom is -0.493 e. The van der Waals surface area contributed by atoms with E-state index in [0.717, 1.165) is 19.2 Å². The Balaban J connectivity index is 1.91. The Labute approximate surface area is 216 Å². The summed E-state index contributed by atoms with van der Waals surface area (Å²) in [7, 11) is -0.607. The van der Waals surface area contributed by atoms with Crippen LogP contribution in [0.15, 0.2) is 53.4 Å². The van der Waals surface area contributed by atoms with Crippen LogP contribution in [0.25, 0.3) is 0 Å². The fourth-order valence-corrected chi connectivity index (χ4v) is 4.65. The summed E-state index contributed by atoms with van der Waals surface area (Å²) in [5.41, 5.74) is -0.591. The molecule has 9 nitrogen and oxygen atoms in total. The molecule has 0 bridgehead atoms. The molecular formula is C23H19Cl2FN2O7S. The SMILES string of the molecule is COC(=O)c1cc(OC)c(OC)cc1NS(=O)(=O)c1ccc(NC(=O)c2ccc(Cl)cc2Cl)c(F)c1. The molecule has 0 fully saturated rings. The molecule has 0 radical (unpaired) electrons. The van der Waals surface area contributed by atoms with Gasteiger partial charge in [0.15, 0.2) is 11.5 Å². The molecule has 190 valence electrons. The second-order valence-electron chi connectivity index (χ2n) is 7.07. The number of anilines is 2. The van der Waals surface area contributed by atoms with Crippen LogP contribution in [-0.4, -0.2) is 41.6 Å². The zero-order chi connectivity index (χ0) is 26.6. The number of rotatable bonds is 8. The van der Waals surface area contributed by atoms with Gasteiger partial charge < -0.3 is 19.5 Å². The van der Waals surface area contributed by atoms with E-state index in [0.29, 0.717) is 11.1 Å². The Morgan fingerprint density at radius 1 is 0.861 bits per heavy atom. The van der Waals surface area contributed by atoms with E-state index in [2.05, 4.69) is 10.0 Å². The zero-order valence-corrected chi connectivity index (χ0v) is 21.3. The van der Waals surface area contributed by atoms with Crippen molar-refractivity contribution in [3.05, 3.63) is 75.5 Å². The molecule has 2 N–H and O–H groups in total. The van der Waals surface area contributed by atoms with Gasteiger partial charge in [-0.1, -0.05) is 23.2 Å². The van der Waals surface area contributed by atoms with E-state index in [1.54, 1.807) is 0 Å². The molecule has 3 rings (SSSR count). The lowest BCUT2D eigenvalue weighted by molar-refractivity contribution is 0.0601. The summed E-state index contributed by atoms with van der Waals surface area (Å²) in [6.45, 7) is 0. The van der Waals surface area contributed by atoms with Crippen LogP contribution < -0.4 is 19.5 Å². The van der Waals surface area contributed by atoms with Gasteiger partial charge in [0, 0.05) is 17.2 Å². The van der Waals surface area contributed by atoms with Crippen molar-refractivity contribution in [2.45, 2.75) is 4.90 Å². The number of hydrogen-bond acceptors (Lipinski definition) is 7. The van der Waals surface area contributed by atoms with E-state index in [1.165, 1.54) is 44.6 Å². The van der Waals surface area contributed by atoms with Crippen LogP contribution >= 0.6 is 23.2 Å². The third kappa shape index (κ3) is 5.81. The smallest absolute Gasteiger partial charge is 0.340 e. The highest BCUT2D eigenvalue weighted by Gasteiger charge is 2.24. The molecule has 1 amide bonds. The molecule has 0 spiro atoms. The van der Waals surface area contributed by atoms with Crippen LogP contribution in [0.1, 0.15) is 20.7 Å². The lowest BCUT2D eigenvalue weighted by atomic mass is 10.1. The molecule has 0 aromatic heterocycles. The number of methoxy groups -OCH3 is 3. The normalized spacial score (nSPS) is 10.9. The number of amides is 1. The summed E-state index contributed by atoms with van der Waals surface area (Å²) < 4.78 is 58.0.